The van der Waals surface area contributed by atoms with Crippen molar-refractivity contribution >= 4 is 38.3 Å². The Bertz CT molecular complexity index is 595. The second-order valence-corrected chi connectivity index (χ2v) is 6.52. The Balaban J connectivity index is 2.17. The van der Waals surface area contributed by atoms with Gasteiger partial charge in [-0.3, -0.25) is 9.69 Å². The number of anilines is 1. The second kappa shape index (κ2) is 7.71. The lowest BCUT2D eigenvalue weighted by molar-refractivity contribution is -0.118. The first kappa shape index (κ1) is 16.2. The summed E-state index contributed by atoms with van der Waals surface area (Å²) in [5.74, 6) is 0.163. The zero-order chi connectivity index (χ0) is 15.2. The van der Waals surface area contributed by atoms with Crippen molar-refractivity contribution in [1.29, 1.82) is 0 Å². The van der Waals surface area contributed by atoms with Crippen molar-refractivity contribution in [2.45, 2.75) is 33.1 Å². The lowest BCUT2D eigenvalue weighted by Crippen LogP contribution is -2.30. The molecule has 1 aromatic carbocycles. The van der Waals surface area contributed by atoms with Crippen LogP contribution in [0.25, 0.3) is 11.3 Å². The van der Waals surface area contributed by atoms with E-state index in [1.165, 1.54) is 11.3 Å². The highest BCUT2D eigenvalue weighted by atomic mass is 79.9. The summed E-state index contributed by atoms with van der Waals surface area (Å²) in [7, 11) is 0. The van der Waals surface area contributed by atoms with Crippen LogP contribution in [0.5, 0.6) is 0 Å². The summed E-state index contributed by atoms with van der Waals surface area (Å²) in [5.41, 5.74) is 1.99. The summed E-state index contributed by atoms with van der Waals surface area (Å²) in [6, 6.07) is 8.05. The SMILES string of the molecule is CCCCC(=O)N(CC)c1nc(-c2ccc(Br)cc2)cs1. The van der Waals surface area contributed by atoms with Gasteiger partial charge < -0.3 is 0 Å². The number of hydrogen-bond donors (Lipinski definition) is 0. The van der Waals surface area contributed by atoms with Gasteiger partial charge in [0.1, 0.15) is 0 Å². The van der Waals surface area contributed by atoms with Crippen LogP contribution in [-0.2, 0) is 4.79 Å². The fraction of sp³-hybridized carbons (Fsp3) is 0.375. The third-order valence-electron chi connectivity index (χ3n) is 3.22. The van der Waals surface area contributed by atoms with Gasteiger partial charge in [-0.1, -0.05) is 41.4 Å². The van der Waals surface area contributed by atoms with Crippen LogP contribution in [0.15, 0.2) is 34.1 Å². The number of carbonyl (C=O) groups excluding carboxylic acids is 1. The molecule has 0 unspecified atom stereocenters. The number of rotatable bonds is 6. The van der Waals surface area contributed by atoms with Gasteiger partial charge in [-0.15, -0.1) is 11.3 Å². The smallest absolute Gasteiger partial charge is 0.228 e. The number of thiazole rings is 1. The molecule has 2 aromatic rings. The molecular weight excluding hydrogens is 348 g/mol. The van der Waals surface area contributed by atoms with E-state index in [0.29, 0.717) is 13.0 Å². The zero-order valence-corrected chi connectivity index (χ0v) is 14.7. The Labute approximate surface area is 138 Å². The van der Waals surface area contributed by atoms with E-state index in [1.54, 1.807) is 4.90 Å². The standard InChI is InChI=1S/C16H19BrN2OS/c1-3-5-6-15(20)19(4-2)16-18-14(11-21-16)12-7-9-13(17)10-8-12/h7-11H,3-6H2,1-2H3. The molecule has 1 aromatic heterocycles. The fourth-order valence-corrected chi connectivity index (χ4v) is 3.20. The van der Waals surface area contributed by atoms with Crippen LogP contribution >= 0.6 is 27.3 Å². The van der Waals surface area contributed by atoms with Crippen LogP contribution in [0.2, 0.25) is 0 Å². The van der Waals surface area contributed by atoms with Crippen molar-refractivity contribution in [1.82, 2.24) is 4.98 Å². The molecule has 0 saturated carbocycles. The van der Waals surface area contributed by atoms with E-state index in [4.69, 9.17) is 0 Å². The molecule has 21 heavy (non-hydrogen) atoms. The number of benzene rings is 1. The molecule has 3 nitrogen and oxygen atoms in total. The van der Waals surface area contributed by atoms with Crippen molar-refractivity contribution in [2.24, 2.45) is 0 Å². The van der Waals surface area contributed by atoms with Gasteiger partial charge in [0.2, 0.25) is 5.91 Å². The molecule has 0 aliphatic rings. The van der Waals surface area contributed by atoms with Gasteiger partial charge in [0.25, 0.3) is 0 Å². The first-order valence-corrected chi connectivity index (χ1v) is 8.84. The quantitative estimate of drug-likeness (QED) is 0.710. The summed E-state index contributed by atoms with van der Waals surface area (Å²) < 4.78 is 1.05. The molecule has 1 heterocycles. The average Bonchev–Trinajstić information content (AvgIpc) is 2.96. The summed E-state index contributed by atoms with van der Waals surface area (Å²) in [5, 5.41) is 2.80. The molecule has 2 rings (SSSR count). The van der Waals surface area contributed by atoms with Gasteiger partial charge in [-0.05, 0) is 25.5 Å². The van der Waals surface area contributed by atoms with Crippen LogP contribution in [0.4, 0.5) is 5.13 Å². The summed E-state index contributed by atoms with van der Waals surface area (Å²) >= 11 is 4.96. The van der Waals surface area contributed by atoms with E-state index in [-0.39, 0.29) is 5.91 Å². The molecular formula is C16H19BrN2OS. The first-order chi connectivity index (χ1) is 10.2. The third kappa shape index (κ3) is 4.14. The van der Waals surface area contributed by atoms with Crippen LogP contribution < -0.4 is 4.90 Å². The largest absolute Gasteiger partial charge is 0.288 e. The highest BCUT2D eigenvalue weighted by molar-refractivity contribution is 9.10. The van der Waals surface area contributed by atoms with E-state index in [9.17, 15) is 4.79 Å². The average molecular weight is 367 g/mol. The maximum atomic E-state index is 12.2. The normalized spacial score (nSPS) is 10.6. The van der Waals surface area contributed by atoms with Crippen LogP contribution in [0.1, 0.15) is 33.1 Å². The minimum Gasteiger partial charge on any atom is -0.288 e. The predicted octanol–water partition coefficient (Wildman–Crippen LogP) is 5.12. The number of amides is 1. The van der Waals surface area contributed by atoms with Crippen molar-refractivity contribution in [3.8, 4) is 11.3 Å². The molecule has 0 N–H and O–H groups in total. The van der Waals surface area contributed by atoms with Crippen molar-refractivity contribution < 1.29 is 4.79 Å². The van der Waals surface area contributed by atoms with E-state index in [0.717, 1.165) is 33.7 Å². The second-order valence-electron chi connectivity index (χ2n) is 4.76. The molecule has 0 fully saturated rings. The molecule has 112 valence electrons. The molecule has 0 bridgehead atoms. The Morgan fingerprint density at radius 3 is 2.62 bits per heavy atom. The van der Waals surface area contributed by atoms with Gasteiger partial charge >= 0.3 is 0 Å². The zero-order valence-electron chi connectivity index (χ0n) is 12.3. The Morgan fingerprint density at radius 2 is 2.00 bits per heavy atom. The maximum absolute atomic E-state index is 12.2. The molecule has 1 amide bonds. The predicted molar refractivity (Wildman–Crippen MR) is 92.8 cm³/mol. The Morgan fingerprint density at radius 1 is 1.29 bits per heavy atom. The highest BCUT2D eigenvalue weighted by Gasteiger charge is 2.17. The number of halogens is 1. The molecule has 0 saturated heterocycles. The molecule has 0 spiro atoms. The monoisotopic (exact) mass is 366 g/mol. The van der Waals surface area contributed by atoms with Crippen LogP contribution in [0, 0.1) is 0 Å². The number of carbonyl (C=O) groups is 1. The topological polar surface area (TPSA) is 33.2 Å². The summed E-state index contributed by atoms with van der Waals surface area (Å²) in [6.07, 6.45) is 2.56. The summed E-state index contributed by atoms with van der Waals surface area (Å²) in [4.78, 5) is 18.6. The van der Waals surface area contributed by atoms with Crippen LogP contribution in [0.3, 0.4) is 0 Å². The molecule has 0 aliphatic heterocycles. The van der Waals surface area contributed by atoms with Gasteiger partial charge in [0, 0.05) is 28.4 Å². The Kier molecular flexibility index (Phi) is 5.94. The lowest BCUT2D eigenvalue weighted by atomic mass is 10.2. The van der Waals surface area contributed by atoms with Gasteiger partial charge in [0.05, 0.1) is 5.69 Å². The molecule has 0 radical (unpaired) electrons. The van der Waals surface area contributed by atoms with E-state index in [2.05, 4.69) is 27.8 Å². The Hall–Kier alpha value is -1.20. The molecule has 5 heteroatoms. The van der Waals surface area contributed by atoms with E-state index < -0.39 is 0 Å². The number of aromatic nitrogens is 1. The number of unbranched alkanes of at least 4 members (excludes halogenated alkanes) is 1. The lowest BCUT2D eigenvalue weighted by Gasteiger charge is -2.17. The highest BCUT2D eigenvalue weighted by Crippen LogP contribution is 2.28. The third-order valence-corrected chi connectivity index (χ3v) is 4.62. The number of hydrogen-bond acceptors (Lipinski definition) is 3. The minimum atomic E-state index is 0.163. The fourth-order valence-electron chi connectivity index (χ4n) is 2.02. The molecule has 0 atom stereocenters. The first-order valence-electron chi connectivity index (χ1n) is 7.17. The van der Waals surface area contributed by atoms with Gasteiger partial charge in [-0.25, -0.2) is 4.98 Å². The molecule has 0 aliphatic carbocycles. The van der Waals surface area contributed by atoms with E-state index >= 15 is 0 Å². The van der Waals surface area contributed by atoms with E-state index in [1.807, 2.05) is 36.6 Å². The number of nitrogens with zero attached hydrogens (tertiary/aromatic N) is 2. The van der Waals surface area contributed by atoms with Crippen molar-refractivity contribution in [2.75, 3.05) is 11.4 Å². The van der Waals surface area contributed by atoms with Crippen LogP contribution in [-0.4, -0.2) is 17.4 Å². The minimum absolute atomic E-state index is 0.163. The maximum Gasteiger partial charge on any atom is 0.228 e. The van der Waals surface area contributed by atoms with Gasteiger partial charge in [0.15, 0.2) is 5.13 Å². The van der Waals surface area contributed by atoms with Crippen molar-refractivity contribution in [3.05, 3.63) is 34.1 Å². The van der Waals surface area contributed by atoms with Gasteiger partial charge in [-0.2, -0.15) is 0 Å². The summed E-state index contributed by atoms with van der Waals surface area (Å²) in [6.45, 7) is 4.75. The van der Waals surface area contributed by atoms with Crippen molar-refractivity contribution in [3.63, 3.8) is 0 Å².